The monoisotopic (exact) mass is 306 g/mol. The molecule has 0 spiro atoms. The lowest BCUT2D eigenvalue weighted by molar-refractivity contribution is 0.220. The summed E-state index contributed by atoms with van der Waals surface area (Å²) in [4.78, 5) is 7.89. The first-order chi connectivity index (χ1) is 10.2. The Morgan fingerprint density at radius 3 is 2.71 bits per heavy atom. The second-order valence-corrected chi connectivity index (χ2v) is 5.83. The van der Waals surface area contributed by atoms with E-state index in [2.05, 4.69) is 28.8 Å². The molecule has 3 rings (SSSR count). The first-order valence-electron chi connectivity index (χ1n) is 6.97. The van der Waals surface area contributed by atoms with E-state index in [0.29, 0.717) is 4.96 Å². The van der Waals surface area contributed by atoms with E-state index in [9.17, 15) is 5.11 Å². The van der Waals surface area contributed by atoms with Crippen LogP contribution in [0.15, 0.2) is 22.9 Å². The van der Waals surface area contributed by atoms with Gasteiger partial charge in [-0.1, -0.05) is 25.2 Å². The average molecular weight is 306 g/mol. The first-order valence-corrected chi connectivity index (χ1v) is 7.79. The number of thiazole rings is 1. The van der Waals surface area contributed by atoms with Crippen molar-refractivity contribution in [1.29, 1.82) is 0 Å². The van der Waals surface area contributed by atoms with E-state index in [1.807, 2.05) is 19.1 Å². The fraction of sp³-hybridized carbons (Fsp3) is 0.429. The Kier molecular flexibility index (Phi) is 3.69. The SMILES string of the molecule is CCN(CC)C(c1ccc(C)o1)c1sc2ncnn2c1O. The van der Waals surface area contributed by atoms with Crippen LogP contribution in [0.25, 0.3) is 4.96 Å². The van der Waals surface area contributed by atoms with Crippen molar-refractivity contribution >= 4 is 16.3 Å². The summed E-state index contributed by atoms with van der Waals surface area (Å²) in [6, 6.07) is 3.79. The van der Waals surface area contributed by atoms with Gasteiger partial charge in [-0.3, -0.25) is 4.90 Å². The molecule has 0 aliphatic carbocycles. The van der Waals surface area contributed by atoms with Crippen molar-refractivity contribution in [3.63, 3.8) is 0 Å². The number of hydrogen-bond donors (Lipinski definition) is 1. The van der Waals surface area contributed by atoms with Gasteiger partial charge < -0.3 is 9.52 Å². The fourth-order valence-corrected chi connectivity index (χ4v) is 3.61. The Bertz CT molecular complexity index is 741. The van der Waals surface area contributed by atoms with Crippen LogP contribution in [-0.2, 0) is 0 Å². The highest BCUT2D eigenvalue weighted by Crippen LogP contribution is 2.39. The zero-order valence-electron chi connectivity index (χ0n) is 12.3. The Balaban J connectivity index is 2.14. The Morgan fingerprint density at radius 1 is 1.38 bits per heavy atom. The highest BCUT2D eigenvalue weighted by Gasteiger charge is 2.29. The van der Waals surface area contributed by atoms with Crippen LogP contribution in [-0.4, -0.2) is 37.7 Å². The third-order valence-corrected chi connectivity index (χ3v) is 4.68. The van der Waals surface area contributed by atoms with Gasteiger partial charge in [0.15, 0.2) is 0 Å². The fourth-order valence-electron chi connectivity index (χ4n) is 2.54. The molecule has 3 heterocycles. The number of aryl methyl sites for hydroxylation is 1. The number of aromatic nitrogens is 3. The van der Waals surface area contributed by atoms with Crippen molar-refractivity contribution in [1.82, 2.24) is 19.5 Å². The van der Waals surface area contributed by atoms with Crippen molar-refractivity contribution in [2.75, 3.05) is 13.1 Å². The molecule has 21 heavy (non-hydrogen) atoms. The third kappa shape index (κ3) is 2.32. The van der Waals surface area contributed by atoms with E-state index in [1.165, 1.54) is 22.2 Å². The van der Waals surface area contributed by atoms with E-state index in [0.717, 1.165) is 29.5 Å². The lowest BCUT2D eigenvalue weighted by atomic mass is 10.1. The van der Waals surface area contributed by atoms with Crippen LogP contribution in [0.3, 0.4) is 0 Å². The van der Waals surface area contributed by atoms with Gasteiger partial charge >= 0.3 is 0 Å². The molecule has 3 aromatic heterocycles. The maximum Gasteiger partial charge on any atom is 0.230 e. The maximum absolute atomic E-state index is 10.5. The van der Waals surface area contributed by atoms with Gasteiger partial charge in [0.2, 0.25) is 10.8 Å². The van der Waals surface area contributed by atoms with Gasteiger partial charge in [0, 0.05) is 0 Å². The molecule has 0 amide bonds. The molecular formula is C14H18N4O2S. The standard InChI is InChI=1S/C14H18N4O2S/c1-4-17(5-2)11(10-7-6-9(3)20-10)12-13(19)18-14(21-12)15-8-16-18/h6-8,11,19H,4-5H2,1-3H3. The number of rotatable bonds is 5. The van der Waals surface area contributed by atoms with Crippen molar-refractivity contribution < 1.29 is 9.52 Å². The second kappa shape index (κ2) is 5.50. The van der Waals surface area contributed by atoms with Crippen molar-refractivity contribution in [2.45, 2.75) is 26.8 Å². The van der Waals surface area contributed by atoms with Crippen LogP contribution in [0.4, 0.5) is 0 Å². The summed E-state index contributed by atoms with van der Waals surface area (Å²) in [7, 11) is 0. The molecule has 0 saturated heterocycles. The molecule has 0 fully saturated rings. The third-order valence-electron chi connectivity index (χ3n) is 3.60. The Hall–Kier alpha value is -1.86. The molecule has 0 aliphatic heterocycles. The average Bonchev–Trinajstić information content (AvgIpc) is 3.16. The summed E-state index contributed by atoms with van der Waals surface area (Å²) in [5, 5.41) is 14.5. The van der Waals surface area contributed by atoms with Crippen LogP contribution in [0.2, 0.25) is 0 Å². The van der Waals surface area contributed by atoms with E-state index in [-0.39, 0.29) is 11.9 Å². The Labute approximate surface area is 126 Å². The smallest absolute Gasteiger partial charge is 0.230 e. The van der Waals surface area contributed by atoms with Gasteiger partial charge in [0.25, 0.3) is 0 Å². The highest BCUT2D eigenvalue weighted by atomic mass is 32.1. The first kappa shape index (κ1) is 14.1. The quantitative estimate of drug-likeness (QED) is 0.785. The van der Waals surface area contributed by atoms with Gasteiger partial charge in [-0.15, -0.1) is 0 Å². The summed E-state index contributed by atoms with van der Waals surface area (Å²) in [6.45, 7) is 7.83. The molecule has 0 saturated carbocycles. The highest BCUT2D eigenvalue weighted by molar-refractivity contribution is 7.17. The van der Waals surface area contributed by atoms with E-state index >= 15 is 0 Å². The van der Waals surface area contributed by atoms with E-state index < -0.39 is 0 Å². The topological polar surface area (TPSA) is 66.8 Å². The van der Waals surface area contributed by atoms with E-state index in [4.69, 9.17) is 4.42 Å². The molecule has 0 radical (unpaired) electrons. The number of fused-ring (bicyclic) bond motifs is 1. The summed E-state index contributed by atoms with van der Waals surface area (Å²) in [6.07, 6.45) is 1.44. The van der Waals surface area contributed by atoms with Crippen LogP contribution in [0.1, 0.15) is 36.3 Å². The minimum absolute atomic E-state index is 0.123. The lowest BCUT2D eigenvalue weighted by Crippen LogP contribution is -2.28. The molecular weight excluding hydrogens is 288 g/mol. The minimum Gasteiger partial charge on any atom is -0.492 e. The molecule has 3 aromatic rings. The van der Waals surface area contributed by atoms with Gasteiger partial charge in [-0.05, 0) is 32.1 Å². The van der Waals surface area contributed by atoms with Crippen molar-refractivity contribution in [2.24, 2.45) is 0 Å². The molecule has 1 unspecified atom stereocenters. The predicted molar refractivity (Wildman–Crippen MR) is 80.7 cm³/mol. The number of aromatic hydroxyl groups is 1. The molecule has 112 valence electrons. The largest absolute Gasteiger partial charge is 0.492 e. The molecule has 1 N–H and O–H groups in total. The predicted octanol–water partition coefficient (Wildman–Crippen LogP) is 2.83. The van der Waals surface area contributed by atoms with Gasteiger partial charge in [0.05, 0.1) is 4.88 Å². The van der Waals surface area contributed by atoms with Crippen LogP contribution < -0.4 is 0 Å². The van der Waals surface area contributed by atoms with Gasteiger partial charge in [-0.25, -0.2) is 4.98 Å². The molecule has 1 atom stereocenters. The minimum atomic E-state index is -0.123. The van der Waals surface area contributed by atoms with Gasteiger partial charge in [-0.2, -0.15) is 9.61 Å². The number of hydrogen-bond acceptors (Lipinski definition) is 6. The van der Waals surface area contributed by atoms with Crippen LogP contribution in [0.5, 0.6) is 5.88 Å². The summed E-state index contributed by atoms with van der Waals surface area (Å²) >= 11 is 1.44. The van der Waals surface area contributed by atoms with Crippen LogP contribution >= 0.6 is 11.3 Å². The summed E-state index contributed by atoms with van der Waals surface area (Å²) in [5.74, 6) is 1.83. The molecule has 0 bridgehead atoms. The number of nitrogens with zero attached hydrogens (tertiary/aromatic N) is 4. The van der Waals surface area contributed by atoms with E-state index in [1.54, 1.807) is 0 Å². The lowest BCUT2D eigenvalue weighted by Gasteiger charge is -2.27. The van der Waals surface area contributed by atoms with Crippen molar-refractivity contribution in [3.05, 3.63) is 34.9 Å². The maximum atomic E-state index is 10.5. The molecule has 7 heteroatoms. The summed E-state index contributed by atoms with van der Waals surface area (Å²) < 4.78 is 7.28. The Morgan fingerprint density at radius 2 is 2.14 bits per heavy atom. The zero-order chi connectivity index (χ0) is 15.0. The molecule has 0 aromatic carbocycles. The van der Waals surface area contributed by atoms with Crippen LogP contribution in [0, 0.1) is 6.92 Å². The number of furan rings is 1. The zero-order valence-corrected chi connectivity index (χ0v) is 13.1. The van der Waals surface area contributed by atoms with Gasteiger partial charge in [0.1, 0.15) is 23.9 Å². The normalized spacial score (nSPS) is 13.3. The molecule has 0 aliphatic rings. The van der Waals surface area contributed by atoms with Crippen molar-refractivity contribution in [3.8, 4) is 5.88 Å². The molecule has 6 nitrogen and oxygen atoms in total. The summed E-state index contributed by atoms with van der Waals surface area (Å²) in [5.41, 5.74) is 0. The second-order valence-electron chi connectivity index (χ2n) is 4.82.